The van der Waals surface area contributed by atoms with Crippen LogP contribution in [-0.2, 0) is 0 Å². The number of nitrogens with one attached hydrogen (secondary N) is 2. The molecule has 4 heteroatoms. The van der Waals surface area contributed by atoms with Gasteiger partial charge < -0.3 is 15.7 Å². The number of amides is 1. The van der Waals surface area contributed by atoms with Crippen molar-refractivity contribution in [1.82, 2.24) is 5.32 Å². The second kappa shape index (κ2) is 6.42. The molecule has 0 saturated heterocycles. The smallest absolute Gasteiger partial charge is 0.251 e. The highest BCUT2D eigenvalue weighted by Crippen LogP contribution is 2.45. The van der Waals surface area contributed by atoms with Gasteiger partial charge in [-0.2, -0.15) is 0 Å². The van der Waals surface area contributed by atoms with Crippen molar-refractivity contribution < 1.29 is 9.90 Å². The molecule has 0 aromatic heterocycles. The zero-order valence-electron chi connectivity index (χ0n) is 13.3. The molecule has 2 atom stereocenters. The van der Waals surface area contributed by atoms with Crippen LogP contribution >= 0.6 is 0 Å². The zero-order valence-corrected chi connectivity index (χ0v) is 13.3. The monoisotopic (exact) mass is 310 g/mol. The molecule has 4 nitrogen and oxygen atoms in total. The first-order chi connectivity index (χ1) is 11.1. The molecule has 1 amide bonds. The van der Waals surface area contributed by atoms with E-state index < -0.39 is 5.60 Å². The van der Waals surface area contributed by atoms with Crippen molar-refractivity contribution in [3.05, 3.63) is 65.7 Å². The molecule has 1 aliphatic carbocycles. The molecule has 2 unspecified atom stereocenters. The Hall–Kier alpha value is -2.33. The molecule has 0 radical (unpaired) electrons. The van der Waals surface area contributed by atoms with Gasteiger partial charge in [0.25, 0.3) is 5.91 Å². The lowest BCUT2D eigenvalue weighted by Gasteiger charge is -2.46. The Kier molecular flexibility index (Phi) is 4.35. The summed E-state index contributed by atoms with van der Waals surface area (Å²) in [5.41, 5.74) is 2.02. The third kappa shape index (κ3) is 3.22. The van der Waals surface area contributed by atoms with Crippen LogP contribution in [-0.4, -0.2) is 30.2 Å². The minimum Gasteiger partial charge on any atom is -0.387 e. The van der Waals surface area contributed by atoms with Gasteiger partial charge >= 0.3 is 0 Å². The van der Waals surface area contributed by atoms with Crippen LogP contribution in [0.3, 0.4) is 0 Å². The summed E-state index contributed by atoms with van der Waals surface area (Å²) >= 11 is 0. The van der Waals surface area contributed by atoms with E-state index in [2.05, 4.69) is 22.8 Å². The minimum atomic E-state index is -0.708. The average Bonchev–Trinajstić information content (AvgIpc) is 2.59. The van der Waals surface area contributed by atoms with Crippen LogP contribution < -0.4 is 10.6 Å². The summed E-state index contributed by atoms with van der Waals surface area (Å²) in [5, 5.41) is 16.7. The fourth-order valence-corrected chi connectivity index (χ4v) is 3.13. The number of carbonyl (C=O) groups is 1. The summed E-state index contributed by atoms with van der Waals surface area (Å²) in [7, 11) is 1.62. The summed E-state index contributed by atoms with van der Waals surface area (Å²) in [6, 6.07) is 17.5. The third-order valence-corrected chi connectivity index (χ3v) is 4.69. The van der Waals surface area contributed by atoms with Crippen molar-refractivity contribution in [2.45, 2.75) is 24.4 Å². The van der Waals surface area contributed by atoms with E-state index >= 15 is 0 Å². The van der Waals surface area contributed by atoms with Crippen LogP contribution in [0.1, 0.15) is 34.7 Å². The largest absolute Gasteiger partial charge is 0.387 e. The molecule has 0 aliphatic heterocycles. The number of rotatable bonds is 5. The molecule has 2 aromatic carbocycles. The third-order valence-electron chi connectivity index (χ3n) is 4.69. The Morgan fingerprint density at radius 1 is 1.17 bits per heavy atom. The van der Waals surface area contributed by atoms with Crippen LogP contribution in [0.2, 0.25) is 0 Å². The number of aliphatic hydroxyl groups is 1. The minimum absolute atomic E-state index is 0.0988. The highest BCUT2D eigenvalue weighted by molar-refractivity contribution is 5.94. The second-order valence-corrected chi connectivity index (χ2v) is 6.12. The van der Waals surface area contributed by atoms with Gasteiger partial charge in [0, 0.05) is 30.8 Å². The highest BCUT2D eigenvalue weighted by atomic mass is 16.3. The normalized spacial score (nSPS) is 23.0. The Morgan fingerprint density at radius 2 is 1.87 bits per heavy atom. The number of benzene rings is 2. The summed E-state index contributed by atoms with van der Waals surface area (Å²) in [6.07, 6.45) is 1.81. The zero-order chi connectivity index (χ0) is 16.3. The van der Waals surface area contributed by atoms with E-state index in [0.29, 0.717) is 12.1 Å². The SMILES string of the molecule is CNC(=O)c1ccc(NCC2(O)CCC2c2ccccc2)cc1. The van der Waals surface area contributed by atoms with E-state index in [1.807, 2.05) is 30.3 Å². The lowest BCUT2D eigenvalue weighted by molar-refractivity contribution is -0.0456. The van der Waals surface area contributed by atoms with Crippen molar-refractivity contribution in [3.63, 3.8) is 0 Å². The summed E-state index contributed by atoms with van der Waals surface area (Å²) in [6.45, 7) is 0.506. The number of hydrogen-bond donors (Lipinski definition) is 3. The Bertz CT molecular complexity index is 670. The maximum Gasteiger partial charge on any atom is 0.251 e. The summed E-state index contributed by atoms with van der Waals surface area (Å²) in [5.74, 6) is 0.0830. The molecule has 1 saturated carbocycles. The molecule has 0 heterocycles. The molecule has 3 N–H and O–H groups in total. The lowest BCUT2D eigenvalue weighted by atomic mass is 9.66. The van der Waals surface area contributed by atoms with Crippen molar-refractivity contribution in [2.24, 2.45) is 0 Å². The van der Waals surface area contributed by atoms with Gasteiger partial charge in [-0.05, 0) is 42.7 Å². The van der Waals surface area contributed by atoms with Crippen LogP contribution in [0, 0.1) is 0 Å². The molecular weight excluding hydrogens is 288 g/mol. The van der Waals surface area contributed by atoms with Crippen molar-refractivity contribution >= 4 is 11.6 Å². The summed E-state index contributed by atoms with van der Waals surface area (Å²) < 4.78 is 0. The van der Waals surface area contributed by atoms with Gasteiger partial charge in [-0.25, -0.2) is 0 Å². The van der Waals surface area contributed by atoms with E-state index in [-0.39, 0.29) is 11.8 Å². The topological polar surface area (TPSA) is 61.4 Å². The van der Waals surface area contributed by atoms with Crippen LogP contribution in [0.5, 0.6) is 0 Å². The molecule has 2 aromatic rings. The first kappa shape index (κ1) is 15.6. The maximum absolute atomic E-state index is 11.5. The molecule has 120 valence electrons. The lowest BCUT2D eigenvalue weighted by Crippen LogP contribution is -2.50. The molecule has 0 spiro atoms. The maximum atomic E-state index is 11.5. The van der Waals surface area contributed by atoms with Crippen molar-refractivity contribution in [1.29, 1.82) is 0 Å². The Labute approximate surface area is 136 Å². The number of hydrogen-bond acceptors (Lipinski definition) is 3. The van der Waals surface area contributed by atoms with Gasteiger partial charge in [0.15, 0.2) is 0 Å². The van der Waals surface area contributed by atoms with Crippen LogP contribution in [0.15, 0.2) is 54.6 Å². The standard InChI is InChI=1S/C19H22N2O2/c1-20-18(22)15-7-9-16(10-8-15)21-13-19(23)12-11-17(19)14-5-3-2-4-6-14/h2-10,17,21,23H,11-13H2,1H3,(H,20,22). The molecule has 3 rings (SSSR count). The first-order valence-electron chi connectivity index (χ1n) is 7.96. The molecule has 1 aliphatic rings. The Balaban J connectivity index is 1.62. The van der Waals surface area contributed by atoms with Gasteiger partial charge in [-0.3, -0.25) is 4.79 Å². The van der Waals surface area contributed by atoms with Crippen molar-refractivity contribution in [3.8, 4) is 0 Å². The van der Waals surface area contributed by atoms with E-state index in [4.69, 9.17) is 0 Å². The van der Waals surface area contributed by atoms with E-state index in [9.17, 15) is 9.90 Å². The molecule has 0 bridgehead atoms. The molecule has 23 heavy (non-hydrogen) atoms. The van der Waals surface area contributed by atoms with Gasteiger partial charge in [0.1, 0.15) is 0 Å². The summed E-state index contributed by atoms with van der Waals surface area (Å²) in [4.78, 5) is 11.5. The fourth-order valence-electron chi connectivity index (χ4n) is 3.13. The molecular formula is C19H22N2O2. The predicted molar refractivity (Wildman–Crippen MR) is 91.7 cm³/mol. The van der Waals surface area contributed by atoms with Gasteiger partial charge in [0.2, 0.25) is 0 Å². The van der Waals surface area contributed by atoms with Crippen LogP contribution in [0.25, 0.3) is 0 Å². The second-order valence-electron chi connectivity index (χ2n) is 6.12. The quantitative estimate of drug-likeness (QED) is 0.796. The van der Waals surface area contributed by atoms with E-state index in [1.54, 1.807) is 19.2 Å². The Morgan fingerprint density at radius 3 is 2.43 bits per heavy atom. The molecule has 1 fully saturated rings. The number of anilines is 1. The van der Waals surface area contributed by atoms with Crippen molar-refractivity contribution in [2.75, 3.05) is 18.9 Å². The average molecular weight is 310 g/mol. The van der Waals surface area contributed by atoms with E-state index in [1.165, 1.54) is 5.56 Å². The predicted octanol–water partition coefficient (Wildman–Crippen LogP) is 2.77. The van der Waals surface area contributed by atoms with Gasteiger partial charge in [-0.15, -0.1) is 0 Å². The first-order valence-corrected chi connectivity index (χ1v) is 7.96. The van der Waals surface area contributed by atoms with Crippen LogP contribution in [0.4, 0.5) is 5.69 Å². The van der Waals surface area contributed by atoms with Gasteiger partial charge in [0.05, 0.1) is 5.60 Å². The number of carbonyl (C=O) groups excluding carboxylic acids is 1. The van der Waals surface area contributed by atoms with E-state index in [0.717, 1.165) is 18.5 Å². The fraction of sp³-hybridized carbons (Fsp3) is 0.316. The van der Waals surface area contributed by atoms with Gasteiger partial charge in [-0.1, -0.05) is 30.3 Å². The highest BCUT2D eigenvalue weighted by Gasteiger charge is 2.45.